The lowest BCUT2D eigenvalue weighted by molar-refractivity contribution is 0.521. The molecule has 0 aromatic heterocycles. The molecular formula is C28H40N2O. The van der Waals surface area contributed by atoms with E-state index in [0.717, 1.165) is 32.2 Å². The Morgan fingerprint density at radius 1 is 1.19 bits per heavy atom. The summed E-state index contributed by atoms with van der Waals surface area (Å²) in [6, 6.07) is 0. The first-order valence-electron chi connectivity index (χ1n) is 12.4. The number of hydrogen-bond acceptors (Lipinski definition) is 3. The molecule has 0 amide bonds. The number of rotatable bonds is 12. The highest BCUT2D eigenvalue weighted by Crippen LogP contribution is 2.45. The second-order valence-corrected chi connectivity index (χ2v) is 9.16. The minimum atomic E-state index is 0.297. The number of nitroso groups, excluding NO2 is 1. The molecule has 31 heavy (non-hydrogen) atoms. The maximum atomic E-state index is 10.5. The van der Waals surface area contributed by atoms with Crippen LogP contribution in [-0.4, -0.2) is 13.1 Å². The third-order valence-electron chi connectivity index (χ3n) is 7.03. The van der Waals surface area contributed by atoms with Crippen LogP contribution in [0, 0.1) is 16.7 Å². The second-order valence-electron chi connectivity index (χ2n) is 9.16. The fraction of sp³-hybridized carbons (Fsp3) is 0.571. The van der Waals surface area contributed by atoms with E-state index in [-0.39, 0.29) is 0 Å². The van der Waals surface area contributed by atoms with Crippen LogP contribution in [0.4, 0.5) is 0 Å². The Kier molecular flexibility index (Phi) is 9.27. The fourth-order valence-electron chi connectivity index (χ4n) is 5.30. The van der Waals surface area contributed by atoms with Crippen LogP contribution < -0.4 is 5.73 Å². The molecule has 0 radical (unpaired) electrons. The second kappa shape index (κ2) is 12.1. The van der Waals surface area contributed by atoms with Gasteiger partial charge in [0.1, 0.15) is 0 Å². The molecule has 2 atom stereocenters. The summed E-state index contributed by atoms with van der Waals surface area (Å²) in [6.07, 6.45) is 25.7. The van der Waals surface area contributed by atoms with Gasteiger partial charge in [0, 0.05) is 0 Å². The standard InChI is InChI=1S/C28H40N2O/c1-3-5-10-23-18-26(28-14-8-11-22(28)12-9-16-30-31)20-24(23)19-25-17-21(4-2)27(25)13-6-7-15-29/h9,12-13,17-19,22,28H,3-8,10-11,14-16,20,29H2,1-2H3/b12-9+,25-19+,27-13-. The molecule has 0 aliphatic heterocycles. The van der Waals surface area contributed by atoms with Gasteiger partial charge in [-0.25, -0.2) is 0 Å². The topological polar surface area (TPSA) is 55.4 Å². The number of hydrogen-bond donors (Lipinski definition) is 1. The van der Waals surface area contributed by atoms with Crippen molar-refractivity contribution in [3.05, 3.63) is 74.8 Å². The molecule has 0 aromatic carbocycles. The Balaban J connectivity index is 1.78. The molecule has 0 spiro atoms. The molecule has 0 saturated heterocycles. The van der Waals surface area contributed by atoms with Crippen molar-refractivity contribution in [1.29, 1.82) is 0 Å². The molecule has 0 aromatic rings. The minimum absolute atomic E-state index is 0.297. The smallest absolute Gasteiger partial charge is 0.0992 e. The van der Waals surface area contributed by atoms with Crippen LogP contribution in [0.5, 0.6) is 0 Å². The summed E-state index contributed by atoms with van der Waals surface area (Å²) in [7, 11) is 0. The Morgan fingerprint density at radius 3 is 2.81 bits per heavy atom. The van der Waals surface area contributed by atoms with Gasteiger partial charge in [-0.3, -0.25) is 0 Å². The van der Waals surface area contributed by atoms with Crippen molar-refractivity contribution >= 4 is 0 Å². The van der Waals surface area contributed by atoms with Gasteiger partial charge < -0.3 is 5.73 Å². The molecule has 1 saturated carbocycles. The highest BCUT2D eigenvalue weighted by Gasteiger charge is 2.31. The van der Waals surface area contributed by atoms with Crippen molar-refractivity contribution in [3.63, 3.8) is 0 Å². The van der Waals surface area contributed by atoms with Gasteiger partial charge in [-0.1, -0.05) is 73.9 Å². The van der Waals surface area contributed by atoms with Crippen LogP contribution in [0.15, 0.2) is 75.1 Å². The zero-order valence-corrected chi connectivity index (χ0v) is 19.5. The van der Waals surface area contributed by atoms with Gasteiger partial charge in [-0.15, -0.1) is 0 Å². The Morgan fingerprint density at radius 2 is 2.06 bits per heavy atom. The predicted molar refractivity (Wildman–Crippen MR) is 133 cm³/mol. The summed E-state index contributed by atoms with van der Waals surface area (Å²) in [5.74, 6) is 1.19. The van der Waals surface area contributed by atoms with Crippen LogP contribution in [0.2, 0.25) is 0 Å². The molecule has 3 rings (SSSR count). The molecule has 2 unspecified atom stereocenters. The van der Waals surface area contributed by atoms with E-state index in [1.165, 1.54) is 60.8 Å². The maximum absolute atomic E-state index is 10.5. The van der Waals surface area contributed by atoms with Gasteiger partial charge >= 0.3 is 0 Å². The van der Waals surface area contributed by atoms with Crippen molar-refractivity contribution in [2.45, 2.75) is 78.1 Å². The van der Waals surface area contributed by atoms with Crippen LogP contribution >= 0.6 is 0 Å². The SMILES string of the molecule is CCCCC1=C(/C=C2C=C(CC)C\2=C\CCCN)CC(C2CCCC2/C=C/CN=O)=C1. The zero-order chi connectivity index (χ0) is 22.1. The Bertz CT molecular complexity index is 822. The average molecular weight is 421 g/mol. The van der Waals surface area contributed by atoms with Crippen molar-refractivity contribution in [2.24, 2.45) is 22.7 Å². The molecular weight excluding hydrogens is 380 g/mol. The first-order chi connectivity index (χ1) is 15.2. The number of unbranched alkanes of at least 4 members (excludes halogenated alkanes) is 2. The molecule has 168 valence electrons. The van der Waals surface area contributed by atoms with Gasteiger partial charge in [0.05, 0.1) is 6.54 Å². The molecule has 1 fully saturated rings. The van der Waals surface area contributed by atoms with E-state index in [1.54, 1.807) is 11.1 Å². The maximum Gasteiger partial charge on any atom is 0.0992 e. The largest absolute Gasteiger partial charge is 0.330 e. The molecule has 3 heteroatoms. The van der Waals surface area contributed by atoms with Gasteiger partial charge in [0.25, 0.3) is 0 Å². The zero-order valence-electron chi connectivity index (χ0n) is 19.5. The monoisotopic (exact) mass is 420 g/mol. The summed E-state index contributed by atoms with van der Waals surface area (Å²) in [4.78, 5) is 10.5. The van der Waals surface area contributed by atoms with Crippen LogP contribution in [0.25, 0.3) is 0 Å². The van der Waals surface area contributed by atoms with E-state index >= 15 is 0 Å². The first kappa shape index (κ1) is 23.7. The lowest BCUT2D eigenvalue weighted by Crippen LogP contribution is -2.08. The van der Waals surface area contributed by atoms with Crippen LogP contribution in [0.1, 0.15) is 78.1 Å². The summed E-state index contributed by atoms with van der Waals surface area (Å²) in [6.45, 7) is 5.57. The van der Waals surface area contributed by atoms with Crippen LogP contribution in [0.3, 0.4) is 0 Å². The third kappa shape index (κ3) is 6.04. The number of allylic oxidation sites excluding steroid dienone is 11. The third-order valence-corrected chi connectivity index (χ3v) is 7.03. The molecule has 0 heterocycles. The van der Waals surface area contributed by atoms with Crippen molar-refractivity contribution in [2.75, 3.05) is 13.1 Å². The van der Waals surface area contributed by atoms with Gasteiger partial charge in [-0.05, 0) is 97.6 Å². The van der Waals surface area contributed by atoms with Gasteiger partial charge in [-0.2, -0.15) is 4.91 Å². The van der Waals surface area contributed by atoms with E-state index in [9.17, 15) is 4.91 Å². The summed E-state index contributed by atoms with van der Waals surface area (Å²) < 4.78 is 0. The summed E-state index contributed by atoms with van der Waals surface area (Å²) in [5.41, 5.74) is 14.7. The van der Waals surface area contributed by atoms with E-state index in [1.807, 2.05) is 6.08 Å². The van der Waals surface area contributed by atoms with Crippen LogP contribution in [-0.2, 0) is 0 Å². The summed E-state index contributed by atoms with van der Waals surface area (Å²) in [5, 5.41) is 2.99. The van der Waals surface area contributed by atoms with Crippen molar-refractivity contribution < 1.29 is 0 Å². The number of nitrogens with two attached hydrogens (primary N) is 1. The Hall–Kier alpha value is -2.00. The molecule has 3 nitrogen and oxygen atoms in total. The molecule has 3 aliphatic carbocycles. The predicted octanol–water partition coefficient (Wildman–Crippen LogP) is 7.48. The average Bonchev–Trinajstić information content (AvgIpc) is 3.39. The van der Waals surface area contributed by atoms with Gasteiger partial charge in [0.2, 0.25) is 0 Å². The highest BCUT2D eigenvalue weighted by atomic mass is 16.3. The van der Waals surface area contributed by atoms with E-state index in [0.29, 0.717) is 18.4 Å². The van der Waals surface area contributed by atoms with E-state index in [2.05, 4.69) is 49.4 Å². The summed E-state index contributed by atoms with van der Waals surface area (Å²) >= 11 is 0. The Labute approximate surface area is 188 Å². The molecule has 2 N–H and O–H groups in total. The lowest BCUT2D eigenvalue weighted by atomic mass is 9.81. The lowest BCUT2D eigenvalue weighted by Gasteiger charge is -2.23. The van der Waals surface area contributed by atoms with E-state index < -0.39 is 0 Å². The van der Waals surface area contributed by atoms with Crippen molar-refractivity contribution in [1.82, 2.24) is 0 Å². The quantitative estimate of drug-likeness (QED) is 0.202. The highest BCUT2D eigenvalue weighted by molar-refractivity contribution is 5.66. The van der Waals surface area contributed by atoms with E-state index in [4.69, 9.17) is 5.73 Å². The normalized spacial score (nSPS) is 26.2. The molecule has 3 aliphatic rings. The first-order valence-corrected chi connectivity index (χ1v) is 12.4. The van der Waals surface area contributed by atoms with Gasteiger partial charge in [0.15, 0.2) is 0 Å². The fourth-order valence-corrected chi connectivity index (χ4v) is 5.30. The molecule has 0 bridgehead atoms. The minimum Gasteiger partial charge on any atom is -0.330 e. The van der Waals surface area contributed by atoms with Crippen molar-refractivity contribution in [3.8, 4) is 0 Å². The number of nitrogens with zero attached hydrogens (tertiary/aromatic N) is 1.